The van der Waals surface area contributed by atoms with Gasteiger partial charge in [-0.05, 0) is 42.0 Å². The van der Waals surface area contributed by atoms with Gasteiger partial charge in [0.15, 0.2) is 0 Å². The fourth-order valence-electron chi connectivity index (χ4n) is 1.68. The van der Waals surface area contributed by atoms with E-state index >= 15 is 0 Å². The predicted molar refractivity (Wildman–Crippen MR) is 82.7 cm³/mol. The Labute approximate surface area is 136 Å². The summed E-state index contributed by atoms with van der Waals surface area (Å²) < 4.78 is 0. The molecule has 0 saturated carbocycles. The van der Waals surface area contributed by atoms with Crippen LogP contribution in [0.3, 0.4) is 0 Å². The molecule has 0 atom stereocenters. The molecule has 0 unspecified atom stereocenters. The molecule has 0 spiro atoms. The normalized spacial score (nSPS) is 11.6. The number of carboxylic acid groups (broad SMARTS) is 1. The van der Waals surface area contributed by atoms with Crippen LogP contribution in [0.15, 0.2) is 28.3 Å². The van der Waals surface area contributed by atoms with Crippen LogP contribution in [-0.4, -0.2) is 26.3 Å². The molecular weight excluding hydrogens is 326 g/mol. The largest absolute Gasteiger partial charge is 0.872 e. The molecule has 0 aliphatic rings. The molecule has 0 fully saturated rings. The van der Waals surface area contributed by atoms with Gasteiger partial charge >= 0.3 is 5.97 Å². The summed E-state index contributed by atoms with van der Waals surface area (Å²) in [5.74, 6) is -0.765. The van der Waals surface area contributed by atoms with E-state index < -0.39 is 5.97 Å². The summed E-state index contributed by atoms with van der Waals surface area (Å²) in [6.07, 6.45) is 2.92. The van der Waals surface area contributed by atoms with Crippen molar-refractivity contribution in [1.29, 1.82) is 0 Å². The third kappa shape index (κ3) is 4.25. The SMILES string of the molecule is CCCc1nc(S/C(=C\c2cc(Cl)ccc2[O-])C(=O)O)n[nH]1. The summed E-state index contributed by atoms with van der Waals surface area (Å²) in [7, 11) is 0. The number of benzene rings is 1. The quantitative estimate of drug-likeness (QED) is 0.620. The zero-order chi connectivity index (χ0) is 16.1. The van der Waals surface area contributed by atoms with Crippen molar-refractivity contribution in [3.63, 3.8) is 0 Å². The Morgan fingerprint density at radius 3 is 3.00 bits per heavy atom. The Hall–Kier alpha value is -1.99. The number of carboxylic acids is 1. The molecule has 2 N–H and O–H groups in total. The number of aromatic amines is 1. The first kappa shape index (κ1) is 16.4. The zero-order valence-corrected chi connectivity index (χ0v) is 13.2. The number of halogens is 1. The van der Waals surface area contributed by atoms with Gasteiger partial charge in [0, 0.05) is 11.4 Å². The Bertz CT molecular complexity index is 715. The van der Waals surface area contributed by atoms with Crippen molar-refractivity contribution >= 4 is 35.4 Å². The third-order valence-electron chi connectivity index (χ3n) is 2.67. The minimum Gasteiger partial charge on any atom is -0.872 e. The molecular formula is C14H13ClN3O3S-. The second-order valence-electron chi connectivity index (χ2n) is 4.41. The predicted octanol–water partition coefficient (Wildman–Crippen LogP) is 2.70. The van der Waals surface area contributed by atoms with E-state index in [1.54, 1.807) is 0 Å². The number of aryl methyl sites for hydroxylation is 1. The number of hydrogen-bond donors (Lipinski definition) is 2. The summed E-state index contributed by atoms with van der Waals surface area (Å²) in [4.78, 5) is 15.5. The van der Waals surface area contributed by atoms with Crippen molar-refractivity contribution in [3.8, 4) is 5.75 Å². The Morgan fingerprint density at radius 1 is 1.55 bits per heavy atom. The number of aromatic nitrogens is 3. The maximum absolute atomic E-state index is 11.7. The topological polar surface area (TPSA) is 102 Å². The van der Waals surface area contributed by atoms with Crippen LogP contribution in [0.25, 0.3) is 6.08 Å². The van der Waals surface area contributed by atoms with E-state index in [0.29, 0.717) is 16.0 Å². The fourth-order valence-corrected chi connectivity index (χ4v) is 2.58. The van der Waals surface area contributed by atoms with Crippen LogP contribution in [0.2, 0.25) is 5.02 Å². The summed E-state index contributed by atoms with van der Waals surface area (Å²) in [5.41, 5.74) is 0.210. The van der Waals surface area contributed by atoms with E-state index in [9.17, 15) is 15.0 Å². The number of nitrogens with zero attached hydrogens (tertiary/aromatic N) is 2. The molecule has 116 valence electrons. The van der Waals surface area contributed by atoms with Crippen molar-refractivity contribution in [3.05, 3.63) is 39.5 Å². The lowest BCUT2D eigenvalue weighted by Crippen LogP contribution is -1.99. The van der Waals surface area contributed by atoms with Crippen LogP contribution < -0.4 is 5.11 Å². The second-order valence-corrected chi connectivity index (χ2v) is 5.86. The average Bonchev–Trinajstić information content (AvgIpc) is 2.90. The van der Waals surface area contributed by atoms with E-state index in [1.165, 1.54) is 24.3 Å². The highest BCUT2D eigenvalue weighted by molar-refractivity contribution is 8.04. The van der Waals surface area contributed by atoms with Crippen LogP contribution in [0.5, 0.6) is 5.75 Å². The van der Waals surface area contributed by atoms with Crippen LogP contribution in [-0.2, 0) is 11.2 Å². The highest BCUT2D eigenvalue weighted by atomic mass is 35.5. The maximum atomic E-state index is 11.7. The van der Waals surface area contributed by atoms with E-state index in [-0.39, 0.29) is 16.2 Å². The molecule has 0 bridgehead atoms. The summed E-state index contributed by atoms with van der Waals surface area (Å²) in [6, 6.07) is 4.18. The molecule has 0 amide bonds. The summed E-state index contributed by atoms with van der Waals surface area (Å²) >= 11 is 6.71. The van der Waals surface area contributed by atoms with Crippen molar-refractivity contribution in [1.82, 2.24) is 15.2 Å². The Balaban J connectivity index is 2.27. The van der Waals surface area contributed by atoms with Crippen molar-refractivity contribution in [2.45, 2.75) is 24.9 Å². The van der Waals surface area contributed by atoms with Crippen LogP contribution in [0, 0.1) is 0 Å². The molecule has 2 rings (SSSR count). The van der Waals surface area contributed by atoms with Crippen LogP contribution in [0.4, 0.5) is 0 Å². The molecule has 2 aromatic rings. The minimum atomic E-state index is -1.16. The van der Waals surface area contributed by atoms with Gasteiger partial charge in [-0.1, -0.05) is 24.6 Å². The average molecular weight is 339 g/mol. The molecule has 22 heavy (non-hydrogen) atoms. The molecule has 6 nitrogen and oxygen atoms in total. The van der Waals surface area contributed by atoms with Crippen LogP contribution in [0.1, 0.15) is 24.7 Å². The van der Waals surface area contributed by atoms with E-state index in [4.69, 9.17) is 11.6 Å². The number of H-pyrrole nitrogens is 1. The van der Waals surface area contributed by atoms with Crippen molar-refractivity contribution in [2.24, 2.45) is 0 Å². The van der Waals surface area contributed by atoms with Gasteiger partial charge in [0.25, 0.3) is 0 Å². The maximum Gasteiger partial charge on any atom is 0.342 e. The van der Waals surface area contributed by atoms with Gasteiger partial charge in [-0.2, -0.15) is 0 Å². The summed E-state index contributed by atoms with van der Waals surface area (Å²) in [5, 5.41) is 28.4. The lowest BCUT2D eigenvalue weighted by Gasteiger charge is -2.10. The lowest BCUT2D eigenvalue weighted by atomic mass is 10.2. The minimum absolute atomic E-state index is 0.0542. The monoisotopic (exact) mass is 338 g/mol. The van der Waals surface area contributed by atoms with Gasteiger partial charge in [0.05, 0.1) is 0 Å². The molecule has 0 aliphatic heterocycles. The zero-order valence-electron chi connectivity index (χ0n) is 11.7. The smallest absolute Gasteiger partial charge is 0.342 e. The molecule has 1 aromatic carbocycles. The van der Waals surface area contributed by atoms with Crippen molar-refractivity contribution < 1.29 is 15.0 Å². The van der Waals surface area contributed by atoms with E-state index in [0.717, 1.165) is 24.6 Å². The van der Waals surface area contributed by atoms with Crippen LogP contribution >= 0.6 is 23.4 Å². The molecule has 0 aliphatic carbocycles. The molecule has 0 radical (unpaired) electrons. The number of aliphatic carboxylic acids is 1. The van der Waals surface area contributed by atoms with Crippen molar-refractivity contribution in [2.75, 3.05) is 0 Å². The van der Waals surface area contributed by atoms with Gasteiger partial charge in [0.2, 0.25) is 5.16 Å². The molecule has 1 heterocycles. The molecule has 8 heteroatoms. The number of carbonyl (C=O) groups is 1. The van der Waals surface area contributed by atoms with Gasteiger partial charge < -0.3 is 10.2 Å². The number of nitrogens with one attached hydrogen (secondary N) is 1. The first-order valence-electron chi connectivity index (χ1n) is 6.50. The molecule has 0 saturated heterocycles. The third-order valence-corrected chi connectivity index (χ3v) is 3.78. The summed E-state index contributed by atoms with van der Waals surface area (Å²) in [6.45, 7) is 2.01. The van der Waals surface area contributed by atoms with E-state index in [1.807, 2.05) is 6.92 Å². The Morgan fingerprint density at radius 2 is 2.32 bits per heavy atom. The molecule has 1 aromatic heterocycles. The highest BCUT2D eigenvalue weighted by Gasteiger charge is 2.13. The van der Waals surface area contributed by atoms with Gasteiger partial charge in [-0.3, -0.25) is 5.10 Å². The first-order valence-corrected chi connectivity index (χ1v) is 7.69. The lowest BCUT2D eigenvalue weighted by molar-refractivity contribution is -0.268. The standard InChI is InChI=1S/C14H14ClN3O3S/c1-2-3-12-16-14(18-17-12)22-11(13(20)21)7-8-6-9(15)4-5-10(8)19/h4-7,19H,2-3H2,1H3,(H,20,21)(H,16,17,18)/p-1/b11-7-. The first-order chi connectivity index (χ1) is 10.5. The van der Waals surface area contributed by atoms with Gasteiger partial charge in [0.1, 0.15) is 10.7 Å². The van der Waals surface area contributed by atoms with Gasteiger partial charge in [-0.15, -0.1) is 10.8 Å². The number of thioether (sulfide) groups is 1. The van der Waals surface area contributed by atoms with Gasteiger partial charge in [-0.25, -0.2) is 9.78 Å². The fraction of sp³-hybridized carbons (Fsp3) is 0.214. The highest BCUT2D eigenvalue weighted by Crippen LogP contribution is 2.29. The number of rotatable bonds is 6. The second kappa shape index (κ2) is 7.33. The van der Waals surface area contributed by atoms with E-state index in [2.05, 4.69) is 15.2 Å². The number of hydrogen-bond acceptors (Lipinski definition) is 5. The Kier molecular flexibility index (Phi) is 5.46.